The van der Waals surface area contributed by atoms with Crippen LogP contribution >= 0.6 is 0 Å². The summed E-state index contributed by atoms with van der Waals surface area (Å²) in [5, 5.41) is 2.22. The van der Waals surface area contributed by atoms with Crippen molar-refractivity contribution in [3.8, 4) is 66.8 Å². The Morgan fingerprint density at radius 3 is 1.37 bits per heavy atom. The molecule has 0 atom stereocenters. The SMILES string of the molecule is c1ccc(-c2cccc3c2oc2c(-c4cc(-c5ccc(-c6cccnc6)cc5)cc(-c5cccc(-c6cccnc6)c5)c4)cccc23)cc1. The van der Waals surface area contributed by atoms with E-state index in [-0.39, 0.29) is 0 Å². The van der Waals surface area contributed by atoms with Gasteiger partial charge in [-0.05, 0) is 86.5 Å². The highest BCUT2D eigenvalue weighted by molar-refractivity contribution is 6.13. The molecule has 0 saturated carbocycles. The number of nitrogens with zero attached hydrogens (tertiary/aromatic N) is 2. The fourth-order valence-corrected chi connectivity index (χ4v) is 6.81. The molecule has 0 aliphatic heterocycles. The van der Waals surface area contributed by atoms with E-state index in [2.05, 4.69) is 149 Å². The van der Waals surface area contributed by atoms with Gasteiger partial charge in [-0.1, -0.05) is 121 Å². The maximum Gasteiger partial charge on any atom is 0.143 e. The van der Waals surface area contributed by atoms with Crippen molar-refractivity contribution in [1.29, 1.82) is 0 Å². The highest BCUT2D eigenvalue weighted by Crippen LogP contribution is 2.42. The van der Waals surface area contributed by atoms with Gasteiger partial charge in [0.15, 0.2) is 0 Å². The summed E-state index contributed by atoms with van der Waals surface area (Å²) in [6.07, 6.45) is 7.43. The van der Waals surface area contributed by atoms with E-state index in [0.717, 1.165) is 88.7 Å². The van der Waals surface area contributed by atoms with E-state index in [0.29, 0.717) is 0 Å². The maximum atomic E-state index is 6.84. The summed E-state index contributed by atoms with van der Waals surface area (Å²) in [4.78, 5) is 8.67. The molecule has 6 aromatic carbocycles. The Morgan fingerprint density at radius 2 is 0.755 bits per heavy atom. The van der Waals surface area contributed by atoms with E-state index >= 15 is 0 Å². The van der Waals surface area contributed by atoms with Gasteiger partial charge in [0.25, 0.3) is 0 Å². The average molecular weight is 627 g/mol. The molecular formula is C46H30N2O. The molecule has 0 aliphatic rings. The van der Waals surface area contributed by atoms with E-state index in [9.17, 15) is 0 Å². The minimum absolute atomic E-state index is 0.889. The second kappa shape index (κ2) is 12.2. The molecule has 0 fully saturated rings. The van der Waals surface area contributed by atoms with Crippen LogP contribution in [0.4, 0.5) is 0 Å². The zero-order valence-corrected chi connectivity index (χ0v) is 26.6. The molecule has 49 heavy (non-hydrogen) atoms. The standard InChI is InChI=1S/C46H30N2O/c1-2-9-33(10-3-1)41-15-5-17-43-44-18-6-16-42(46(44)49-45(41)43)40-27-38(32-21-19-31(20-22-32)36-13-7-23-47-29-36)26-39(28-40)35-12-4-11-34(25-35)37-14-8-24-48-30-37/h1-30H. The summed E-state index contributed by atoms with van der Waals surface area (Å²) in [6.45, 7) is 0. The van der Waals surface area contributed by atoms with Crippen molar-refractivity contribution in [1.82, 2.24) is 9.97 Å². The second-order valence-electron chi connectivity index (χ2n) is 12.3. The third-order valence-corrected chi connectivity index (χ3v) is 9.26. The molecule has 0 spiro atoms. The van der Waals surface area contributed by atoms with Crippen LogP contribution in [0.1, 0.15) is 0 Å². The molecule has 3 heterocycles. The highest BCUT2D eigenvalue weighted by atomic mass is 16.3. The monoisotopic (exact) mass is 626 g/mol. The molecule has 3 aromatic heterocycles. The minimum atomic E-state index is 0.889. The number of para-hydroxylation sites is 2. The lowest BCUT2D eigenvalue weighted by Gasteiger charge is -2.13. The van der Waals surface area contributed by atoms with Crippen molar-refractivity contribution >= 4 is 21.9 Å². The maximum absolute atomic E-state index is 6.84. The molecule has 0 saturated heterocycles. The van der Waals surface area contributed by atoms with Crippen molar-refractivity contribution in [2.75, 3.05) is 0 Å². The quantitative estimate of drug-likeness (QED) is 0.184. The van der Waals surface area contributed by atoms with Gasteiger partial charge in [0, 0.05) is 52.3 Å². The van der Waals surface area contributed by atoms with Gasteiger partial charge in [-0.3, -0.25) is 9.97 Å². The number of hydrogen-bond acceptors (Lipinski definition) is 3. The molecule has 0 aliphatic carbocycles. The molecular weight excluding hydrogens is 597 g/mol. The lowest BCUT2D eigenvalue weighted by Crippen LogP contribution is -1.88. The van der Waals surface area contributed by atoms with Crippen molar-refractivity contribution in [3.63, 3.8) is 0 Å². The number of rotatable bonds is 6. The van der Waals surface area contributed by atoms with E-state index in [1.807, 2.05) is 36.8 Å². The fraction of sp³-hybridized carbons (Fsp3) is 0. The van der Waals surface area contributed by atoms with E-state index in [1.165, 1.54) is 0 Å². The Labute approximate surface area is 284 Å². The van der Waals surface area contributed by atoms with Gasteiger partial charge in [-0.2, -0.15) is 0 Å². The third-order valence-electron chi connectivity index (χ3n) is 9.26. The van der Waals surface area contributed by atoms with Crippen LogP contribution in [0.3, 0.4) is 0 Å². The van der Waals surface area contributed by atoms with E-state index < -0.39 is 0 Å². The second-order valence-corrected chi connectivity index (χ2v) is 12.3. The van der Waals surface area contributed by atoms with Crippen LogP contribution in [0.25, 0.3) is 88.7 Å². The lowest BCUT2D eigenvalue weighted by molar-refractivity contribution is 0.671. The van der Waals surface area contributed by atoms with Gasteiger partial charge in [0.05, 0.1) is 0 Å². The number of aromatic nitrogens is 2. The Balaban J connectivity index is 1.23. The number of furan rings is 1. The summed E-state index contributed by atoms with van der Waals surface area (Å²) in [5.74, 6) is 0. The average Bonchev–Trinajstić information content (AvgIpc) is 3.58. The summed E-state index contributed by atoms with van der Waals surface area (Å²) in [6, 6.07) is 55.8. The zero-order chi connectivity index (χ0) is 32.6. The molecule has 3 nitrogen and oxygen atoms in total. The normalized spacial score (nSPS) is 11.3. The van der Waals surface area contributed by atoms with Gasteiger partial charge in [-0.15, -0.1) is 0 Å². The van der Waals surface area contributed by atoms with Crippen molar-refractivity contribution in [2.45, 2.75) is 0 Å². The van der Waals surface area contributed by atoms with Crippen LogP contribution in [-0.4, -0.2) is 9.97 Å². The number of pyridine rings is 2. The van der Waals surface area contributed by atoms with Gasteiger partial charge >= 0.3 is 0 Å². The third kappa shape index (κ3) is 5.38. The van der Waals surface area contributed by atoms with Crippen LogP contribution in [0.5, 0.6) is 0 Å². The fourth-order valence-electron chi connectivity index (χ4n) is 6.81. The van der Waals surface area contributed by atoms with Gasteiger partial charge in [-0.25, -0.2) is 0 Å². The van der Waals surface area contributed by atoms with Gasteiger partial charge in [0.2, 0.25) is 0 Å². The molecule has 0 amide bonds. The first-order valence-electron chi connectivity index (χ1n) is 16.5. The molecule has 0 bridgehead atoms. The smallest absolute Gasteiger partial charge is 0.143 e. The minimum Gasteiger partial charge on any atom is -0.455 e. The molecule has 230 valence electrons. The zero-order valence-electron chi connectivity index (χ0n) is 26.6. The Kier molecular flexibility index (Phi) is 7.14. The van der Waals surface area contributed by atoms with Crippen LogP contribution in [0, 0.1) is 0 Å². The Hall–Kier alpha value is -6.58. The molecule has 0 unspecified atom stereocenters. The summed E-state index contributed by atoms with van der Waals surface area (Å²) in [7, 11) is 0. The predicted molar refractivity (Wildman–Crippen MR) is 202 cm³/mol. The molecule has 0 radical (unpaired) electrons. The van der Waals surface area contributed by atoms with Crippen molar-refractivity contribution in [3.05, 3.63) is 183 Å². The van der Waals surface area contributed by atoms with E-state index in [1.54, 1.807) is 6.20 Å². The Bertz CT molecular complexity index is 2570. The summed E-state index contributed by atoms with van der Waals surface area (Å²) in [5.41, 5.74) is 15.2. The highest BCUT2D eigenvalue weighted by Gasteiger charge is 2.17. The van der Waals surface area contributed by atoms with Crippen LogP contribution in [0.15, 0.2) is 187 Å². The topological polar surface area (TPSA) is 38.9 Å². The lowest BCUT2D eigenvalue weighted by atomic mass is 9.91. The van der Waals surface area contributed by atoms with Crippen LogP contribution in [0.2, 0.25) is 0 Å². The molecule has 9 rings (SSSR count). The molecule has 0 N–H and O–H groups in total. The van der Waals surface area contributed by atoms with Crippen LogP contribution < -0.4 is 0 Å². The first-order chi connectivity index (χ1) is 24.3. The predicted octanol–water partition coefficient (Wildman–Crippen LogP) is 12.4. The molecule has 9 aromatic rings. The van der Waals surface area contributed by atoms with Crippen LogP contribution in [-0.2, 0) is 0 Å². The largest absolute Gasteiger partial charge is 0.455 e. The summed E-state index contributed by atoms with van der Waals surface area (Å²) >= 11 is 0. The Morgan fingerprint density at radius 1 is 0.306 bits per heavy atom. The first-order valence-corrected chi connectivity index (χ1v) is 16.5. The number of benzene rings is 6. The van der Waals surface area contributed by atoms with Crippen molar-refractivity contribution < 1.29 is 4.42 Å². The number of fused-ring (bicyclic) bond motifs is 3. The number of hydrogen-bond donors (Lipinski definition) is 0. The summed E-state index contributed by atoms with van der Waals surface area (Å²) < 4.78 is 6.84. The van der Waals surface area contributed by atoms with Crippen molar-refractivity contribution in [2.24, 2.45) is 0 Å². The first kappa shape index (κ1) is 28.6. The molecule has 3 heteroatoms. The van der Waals surface area contributed by atoms with Gasteiger partial charge in [0.1, 0.15) is 11.2 Å². The van der Waals surface area contributed by atoms with E-state index in [4.69, 9.17) is 4.42 Å². The van der Waals surface area contributed by atoms with Gasteiger partial charge < -0.3 is 4.42 Å².